The normalized spacial score (nSPS) is 18.7. The molecule has 1 aromatic rings. The topological polar surface area (TPSA) is 20.2 Å². The molecule has 1 unspecified atom stereocenters. The molecule has 0 amide bonds. The third-order valence-electron chi connectivity index (χ3n) is 2.52. The van der Waals surface area contributed by atoms with Gasteiger partial charge in [0.05, 0.1) is 6.10 Å². The van der Waals surface area contributed by atoms with Gasteiger partial charge in [0.25, 0.3) is 0 Å². The number of hydrogen-bond donors (Lipinski definition) is 1. The molecule has 70 valence electrons. The highest BCUT2D eigenvalue weighted by molar-refractivity contribution is 5.30. The van der Waals surface area contributed by atoms with Crippen LogP contribution in [-0.2, 0) is 0 Å². The van der Waals surface area contributed by atoms with E-state index in [9.17, 15) is 9.50 Å². The van der Waals surface area contributed by atoms with Crippen molar-refractivity contribution in [1.82, 2.24) is 0 Å². The Kier molecular flexibility index (Phi) is 2.08. The minimum Gasteiger partial charge on any atom is -0.389 e. The first-order valence-corrected chi connectivity index (χ1v) is 4.66. The number of aliphatic hydroxyl groups is 1. The molecule has 1 fully saturated rings. The summed E-state index contributed by atoms with van der Waals surface area (Å²) in [6.45, 7) is 1.64. The molecule has 13 heavy (non-hydrogen) atoms. The van der Waals surface area contributed by atoms with Crippen molar-refractivity contribution in [3.63, 3.8) is 0 Å². The van der Waals surface area contributed by atoms with E-state index < -0.39 is 6.10 Å². The zero-order chi connectivity index (χ0) is 9.42. The van der Waals surface area contributed by atoms with Crippen LogP contribution in [0.5, 0.6) is 0 Å². The standard InChI is InChI=1S/C11H13FO/c1-7(13)9-4-5-10(8-2-3-8)11(12)6-9/h4-8,13H,2-3H2,1H3. The number of hydrogen-bond acceptors (Lipinski definition) is 1. The summed E-state index contributed by atoms with van der Waals surface area (Å²) in [5.41, 5.74) is 1.46. The van der Waals surface area contributed by atoms with Crippen molar-refractivity contribution >= 4 is 0 Å². The summed E-state index contributed by atoms with van der Waals surface area (Å²) in [6, 6.07) is 5.05. The highest BCUT2D eigenvalue weighted by atomic mass is 19.1. The second-order valence-corrected chi connectivity index (χ2v) is 3.73. The molecule has 0 aliphatic heterocycles. The first-order chi connectivity index (χ1) is 6.18. The molecule has 0 saturated heterocycles. The third kappa shape index (κ3) is 1.73. The van der Waals surface area contributed by atoms with E-state index >= 15 is 0 Å². The maximum Gasteiger partial charge on any atom is 0.127 e. The molecule has 1 saturated carbocycles. The van der Waals surface area contributed by atoms with Crippen LogP contribution in [0.1, 0.15) is 42.9 Å². The van der Waals surface area contributed by atoms with Gasteiger partial charge in [0.2, 0.25) is 0 Å². The lowest BCUT2D eigenvalue weighted by molar-refractivity contribution is 0.199. The van der Waals surface area contributed by atoms with Crippen LogP contribution in [0.25, 0.3) is 0 Å². The van der Waals surface area contributed by atoms with Crippen LogP contribution in [0.4, 0.5) is 4.39 Å². The molecule has 0 bridgehead atoms. The van der Waals surface area contributed by atoms with Gasteiger partial charge >= 0.3 is 0 Å². The zero-order valence-electron chi connectivity index (χ0n) is 7.63. The lowest BCUT2D eigenvalue weighted by Crippen LogP contribution is -1.94. The molecular weight excluding hydrogens is 167 g/mol. The van der Waals surface area contributed by atoms with Crippen molar-refractivity contribution in [3.05, 3.63) is 35.1 Å². The van der Waals surface area contributed by atoms with E-state index in [4.69, 9.17) is 0 Å². The molecule has 0 aromatic heterocycles. The van der Waals surface area contributed by atoms with E-state index in [2.05, 4.69) is 0 Å². The van der Waals surface area contributed by atoms with Crippen molar-refractivity contribution in [3.8, 4) is 0 Å². The second-order valence-electron chi connectivity index (χ2n) is 3.73. The summed E-state index contributed by atoms with van der Waals surface area (Å²) >= 11 is 0. The summed E-state index contributed by atoms with van der Waals surface area (Å²) in [7, 11) is 0. The van der Waals surface area contributed by atoms with E-state index in [0.717, 1.165) is 18.4 Å². The fraction of sp³-hybridized carbons (Fsp3) is 0.455. The quantitative estimate of drug-likeness (QED) is 0.742. The molecular formula is C11H13FO. The Bertz CT molecular complexity index is 316. The number of rotatable bonds is 2. The van der Waals surface area contributed by atoms with Gasteiger partial charge in [0.15, 0.2) is 0 Å². The van der Waals surface area contributed by atoms with Gasteiger partial charge in [0, 0.05) is 0 Å². The lowest BCUT2D eigenvalue weighted by Gasteiger charge is -2.06. The molecule has 1 nitrogen and oxygen atoms in total. The van der Waals surface area contributed by atoms with Gasteiger partial charge in [-0.2, -0.15) is 0 Å². The fourth-order valence-electron chi connectivity index (χ4n) is 1.53. The molecule has 1 aliphatic carbocycles. The fourth-order valence-corrected chi connectivity index (χ4v) is 1.53. The molecule has 0 spiro atoms. The average molecular weight is 180 g/mol. The lowest BCUT2D eigenvalue weighted by atomic mass is 10.0. The molecule has 1 aromatic carbocycles. The Morgan fingerprint density at radius 2 is 2.15 bits per heavy atom. The van der Waals surface area contributed by atoms with Crippen molar-refractivity contribution in [2.24, 2.45) is 0 Å². The summed E-state index contributed by atoms with van der Waals surface area (Å²) in [5, 5.41) is 9.23. The van der Waals surface area contributed by atoms with E-state index in [1.54, 1.807) is 19.1 Å². The highest BCUT2D eigenvalue weighted by Crippen LogP contribution is 2.41. The van der Waals surface area contributed by atoms with Crippen LogP contribution in [-0.4, -0.2) is 5.11 Å². The van der Waals surface area contributed by atoms with E-state index in [0.29, 0.717) is 11.5 Å². The molecule has 0 heterocycles. The van der Waals surface area contributed by atoms with Crippen LogP contribution in [0.3, 0.4) is 0 Å². The van der Waals surface area contributed by atoms with Crippen LogP contribution in [0.2, 0.25) is 0 Å². The van der Waals surface area contributed by atoms with Crippen LogP contribution >= 0.6 is 0 Å². The predicted octanol–water partition coefficient (Wildman–Crippen LogP) is 2.76. The zero-order valence-corrected chi connectivity index (χ0v) is 7.63. The van der Waals surface area contributed by atoms with E-state index in [1.807, 2.05) is 0 Å². The summed E-state index contributed by atoms with van der Waals surface area (Å²) in [5.74, 6) is 0.268. The Balaban J connectivity index is 2.31. The number of halogens is 1. The monoisotopic (exact) mass is 180 g/mol. The Morgan fingerprint density at radius 1 is 1.46 bits per heavy atom. The van der Waals surface area contributed by atoms with Gasteiger partial charge in [-0.3, -0.25) is 0 Å². The summed E-state index contributed by atoms with van der Waals surface area (Å²) in [6.07, 6.45) is 1.62. The largest absolute Gasteiger partial charge is 0.389 e. The molecule has 2 rings (SSSR count). The second kappa shape index (κ2) is 3.11. The van der Waals surface area contributed by atoms with E-state index in [-0.39, 0.29) is 5.82 Å². The average Bonchev–Trinajstić information content (AvgIpc) is 2.87. The van der Waals surface area contributed by atoms with Crippen molar-refractivity contribution in [2.45, 2.75) is 31.8 Å². The van der Waals surface area contributed by atoms with Gasteiger partial charge < -0.3 is 5.11 Å². The minimum atomic E-state index is -0.581. The Morgan fingerprint density at radius 3 is 2.62 bits per heavy atom. The first kappa shape index (κ1) is 8.70. The van der Waals surface area contributed by atoms with Crippen molar-refractivity contribution in [2.75, 3.05) is 0 Å². The van der Waals surface area contributed by atoms with Gasteiger partial charge in [-0.05, 0) is 42.9 Å². The van der Waals surface area contributed by atoms with Gasteiger partial charge in [-0.15, -0.1) is 0 Å². The molecule has 1 atom stereocenters. The predicted molar refractivity (Wildman–Crippen MR) is 49.0 cm³/mol. The van der Waals surface area contributed by atoms with Gasteiger partial charge in [-0.25, -0.2) is 4.39 Å². The minimum absolute atomic E-state index is 0.166. The SMILES string of the molecule is CC(O)c1ccc(C2CC2)c(F)c1. The number of aliphatic hydroxyl groups excluding tert-OH is 1. The summed E-state index contributed by atoms with van der Waals surface area (Å²) < 4.78 is 13.4. The maximum absolute atomic E-state index is 13.4. The molecule has 2 heteroatoms. The molecule has 0 radical (unpaired) electrons. The van der Waals surface area contributed by atoms with Crippen LogP contribution < -0.4 is 0 Å². The Hall–Kier alpha value is -0.890. The van der Waals surface area contributed by atoms with Crippen molar-refractivity contribution < 1.29 is 9.50 Å². The van der Waals surface area contributed by atoms with Crippen molar-refractivity contribution in [1.29, 1.82) is 0 Å². The van der Waals surface area contributed by atoms with Crippen LogP contribution in [0.15, 0.2) is 18.2 Å². The molecule has 1 N–H and O–H groups in total. The van der Waals surface area contributed by atoms with E-state index in [1.165, 1.54) is 6.07 Å². The molecule has 1 aliphatic rings. The van der Waals surface area contributed by atoms with Gasteiger partial charge in [0.1, 0.15) is 5.82 Å². The summed E-state index contributed by atoms with van der Waals surface area (Å²) in [4.78, 5) is 0. The number of benzene rings is 1. The first-order valence-electron chi connectivity index (χ1n) is 4.66. The third-order valence-corrected chi connectivity index (χ3v) is 2.52. The smallest absolute Gasteiger partial charge is 0.127 e. The highest BCUT2D eigenvalue weighted by Gasteiger charge is 2.26. The van der Waals surface area contributed by atoms with Gasteiger partial charge in [-0.1, -0.05) is 12.1 Å². The maximum atomic E-state index is 13.4. The Labute approximate surface area is 77.2 Å². The van der Waals surface area contributed by atoms with Crippen LogP contribution in [0, 0.1) is 5.82 Å².